The number of hydrogen-bond donors (Lipinski definition) is 2. The van der Waals surface area contributed by atoms with Crippen molar-refractivity contribution in [2.75, 3.05) is 6.61 Å². The summed E-state index contributed by atoms with van der Waals surface area (Å²) < 4.78 is 64.4. The molecule has 7 nitrogen and oxygen atoms in total. The van der Waals surface area contributed by atoms with Crippen molar-refractivity contribution in [2.24, 2.45) is 0 Å². The number of aromatic carboxylic acids is 1. The summed E-state index contributed by atoms with van der Waals surface area (Å²) in [5.41, 5.74) is -5.72. The molecule has 0 fully saturated rings. The molecule has 0 radical (unpaired) electrons. The molecule has 0 aliphatic rings. The molecule has 0 amide bonds. The number of nitrogens with one attached hydrogen (secondary N) is 1. The Morgan fingerprint density at radius 3 is 2.67 bits per heavy atom. The molecule has 0 aromatic carbocycles. The van der Waals surface area contributed by atoms with Crippen LogP contribution < -0.4 is 9.46 Å². The van der Waals surface area contributed by atoms with Gasteiger partial charge in [-0.1, -0.05) is 0 Å². The molecule has 1 rings (SSSR count). The molecule has 0 saturated carbocycles. The number of halogens is 3. The Kier molecular flexibility index (Phi) is 5.12. The number of alkyl halides is 3. The molecular formula is C10H11F3N2O5S. The van der Waals surface area contributed by atoms with Crippen LogP contribution in [-0.2, 0) is 10.0 Å². The van der Waals surface area contributed by atoms with E-state index in [4.69, 9.17) is 9.84 Å². The number of ether oxygens (including phenoxy) is 1. The Bertz CT molecular complexity index is 617. The molecule has 1 atom stereocenters. The Balaban J connectivity index is 2.71. The number of hydrogen-bond acceptors (Lipinski definition) is 5. The number of nitrogens with zero attached hydrogens (tertiary/aromatic N) is 1. The molecule has 0 aliphatic carbocycles. The van der Waals surface area contributed by atoms with E-state index in [1.807, 2.05) is 0 Å². The summed E-state index contributed by atoms with van der Waals surface area (Å²) in [7, 11) is -5.49. The van der Waals surface area contributed by atoms with Crippen LogP contribution in [0.1, 0.15) is 17.3 Å². The normalized spacial score (nSPS) is 13.7. The number of sulfonamides is 1. The summed E-state index contributed by atoms with van der Waals surface area (Å²) in [5.74, 6) is -1.65. The SMILES string of the molecule is C[C@@H](COc1ncccc1C(=O)O)NS(=O)(=O)C(F)(F)F. The second kappa shape index (κ2) is 6.26. The first-order valence-corrected chi connectivity index (χ1v) is 6.92. The van der Waals surface area contributed by atoms with Crippen LogP contribution in [-0.4, -0.2) is 42.6 Å². The van der Waals surface area contributed by atoms with Gasteiger partial charge in [0.2, 0.25) is 5.88 Å². The van der Waals surface area contributed by atoms with Crippen LogP contribution in [0.15, 0.2) is 18.3 Å². The third kappa shape index (κ3) is 4.56. The summed E-state index contributed by atoms with van der Waals surface area (Å²) in [6, 6.07) is 1.29. The van der Waals surface area contributed by atoms with Crippen molar-refractivity contribution in [3.63, 3.8) is 0 Å². The summed E-state index contributed by atoms with van der Waals surface area (Å²) in [5, 5.41) is 8.84. The molecule has 11 heteroatoms. The van der Waals surface area contributed by atoms with Gasteiger partial charge < -0.3 is 9.84 Å². The first-order valence-electron chi connectivity index (χ1n) is 5.44. The number of carboxylic acid groups (broad SMARTS) is 1. The number of aromatic nitrogens is 1. The minimum atomic E-state index is -5.49. The highest BCUT2D eigenvalue weighted by atomic mass is 32.2. The Hall–Kier alpha value is -1.88. The highest BCUT2D eigenvalue weighted by Crippen LogP contribution is 2.22. The van der Waals surface area contributed by atoms with Gasteiger partial charge in [0.15, 0.2) is 0 Å². The molecule has 0 spiro atoms. The van der Waals surface area contributed by atoms with E-state index in [-0.39, 0.29) is 11.4 Å². The fraction of sp³-hybridized carbons (Fsp3) is 0.400. The average molecular weight is 328 g/mol. The lowest BCUT2D eigenvalue weighted by Gasteiger charge is -2.16. The zero-order valence-electron chi connectivity index (χ0n) is 10.6. The van der Waals surface area contributed by atoms with Crippen LogP contribution in [0.5, 0.6) is 5.88 Å². The number of carboxylic acids is 1. The van der Waals surface area contributed by atoms with Crippen molar-refractivity contribution < 1.29 is 36.2 Å². The largest absolute Gasteiger partial charge is 0.511 e. The van der Waals surface area contributed by atoms with Gasteiger partial charge in [-0.25, -0.2) is 22.9 Å². The molecule has 21 heavy (non-hydrogen) atoms. The number of rotatable bonds is 6. The Labute approximate surface area is 117 Å². The van der Waals surface area contributed by atoms with Crippen molar-refractivity contribution in [3.05, 3.63) is 23.9 Å². The van der Waals surface area contributed by atoms with Gasteiger partial charge in [-0.3, -0.25) is 0 Å². The summed E-state index contributed by atoms with van der Waals surface area (Å²) in [6.07, 6.45) is 1.23. The van der Waals surface area contributed by atoms with Gasteiger partial charge in [-0.15, -0.1) is 0 Å². The fourth-order valence-corrected chi connectivity index (χ4v) is 1.97. The monoisotopic (exact) mass is 328 g/mol. The van der Waals surface area contributed by atoms with Gasteiger partial charge in [0.05, 0.1) is 6.04 Å². The van der Waals surface area contributed by atoms with Crippen molar-refractivity contribution in [3.8, 4) is 5.88 Å². The van der Waals surface area contributed by atoms with E-state index in [1.165, 1.54) is 23.1 Å². The van der Waals surface area contributed by atoms with Gasteiger partial charge in [0, 0.05) is 6.20 Å². The number of pyridine rings is 1. The first-order chi connectivity index (χ1) is 9.54. The molecule has 0 bridgehead atoms. The van der Waals surface area contributed by atoms with E-state index in [9.17, 15) is 26.4 Å². The highest BCUT2D eigenvalue weighted by molar-refractivity contribution is 7.90. The van der Waals surface area contributed by atoms with Gasteiger partial charge in [-0.05, 0) is 19.1 Å². The summed E-state index contributed by atoms with van der Waals surface area (Å²) >= 11 is 0. The van der Waals surface area contributed by atoms with Crippen LogP contribution in [0.4, 0.5) is 13.2 Å². The van der Waals surface area contributed by atoms with E-state index in [0.717, 1.165) is 6.92 Å². The number of carbonyl (C=O) groups is 1. The third-order valence-corrected chi connectivity index (χ3v) is 3.45. The average Bonchev–Trinajstić information content (AvgIpc) is 2.34. The Morgan fingerprint density at radius 2 is 2.14 bits per heavy atom. The van der Waals surface area contributed by atoms with E-state index in [0.29, 0.717) is 0 Å². The molecular weight excluding hydrogens is 317 g/mol. The fourth-order valence-electron chi connectivity index (χ4n) is 1.24. The maximum atomic E-state index is 12.1. The van der Waals surface area contributed by atoms with Crippen molar-refractivity contribution >= 4 is 16.0 Å². The van der Waals surface area contributed by atoms with Crippen LogP contribution in [0.25, 0.3) is 0 Å². The molecule has 118 valence electrons. The lowest BCUT2D eigenvalue weighted by molar-refractivity contribution is -0.0451. The zero-order valence-corrected chi connectivity index (χ0v) is 11.4. The van der Waals surface area contributed by atoms with Crippen LogP contribution >= 0.6 is 0 Å². The summed E-state index contributed by atoms with van der Waals surface area (Å²) in [4.78, 5) is 14.5. The van der Waals surface area contributed by atoms with Gasteiger partial charge in [0.1, 0.15) is 12.2 Å². The van der Waals surface area contributed by atoms with E-state index >= 15 is 0 Å². The third-order valence-electron chi connectivity index (χ3n) is 2.13. The maximum Gasteiger partial charge on any atom is 0.511 e. The minimum Gasteiger partial charge on any atom is -0.477 e. The molecule has 1 heterocycles. The molecule has 0 unspecified atom stereocenters. The van der Waals surface area contributed by atoms with E-state index < -0.39 is 34.1 Å². The highest BCUT2D eigenvalue weighted by Gasteiger charge is 2.46. The van der Waals surface area contributed by atoms with Crippen LogP contribution in [0, 0.1) is 0 Å². The van der Waals surface area contributed by atoms with Crippen LogP contribution in [0.3, 0.4) is 0 Å². The second-order valence-electron chi connectivity index (χ2n) is 3.94. The summed E-state index contributed by atoms with van der Waals surface area (Å²) in [6.45, 7) is 0.610. The smallest absolute Gasteiger partial charge is 0.477 e. The minimum absolute atomic E-state index is 0.289. The van der Waals surface area contributed by atoms with Crippen molar-refractivity contribution in [1.29, 1.82) is 0 Å². The quantitative estimate of drug-likeness (QED) is 0.806. The van der Waals surface area contributed by atoms with Crippen LogP contribution in [0.2, 0.25) is 0 Å². The molecule has 2 N–H and O–H groups in total. The van der Waals surface area contributed by atoms with Crippen molar-refractivity contribution in [1.82, 2.24) is 9.71 Å². The lowest BCUT2D eigenvalue weighted by atomic mass is 10.3. The zero-order chi connectivity index (χ0) is 16.3. The first kappa shape index (κ1) is 17.2. The molecule has 1 aromatic rings. The predicted molar refractivity (Wildman–Crippen MR) is 64.3 cm³/mol. The maximum absolute atomic E-state index is 12.1. The van der Waals surface area contributed by atoms with Gasteiger partial charge in [-0.2, -0.15) is 13.2 Å². The molecule has 0 aliphatic heterocycles. The molecule has 0 saturated heterocycles. The van der Waals surface area contributed by atoms with Gasteiger partial charge >= 0.3 is 21.5 Å². The second-order valence-corrected chi connectivity index (χ2v) is 5.65. The van der Waals surface area contributed by atoms with E-state index in [1.54, 1.807) is 0 Å². The van der Waals surface area contributed by atoms with E-state index in [2.05, 4.69) is 4.98 Å². The topological polar surface area (TPSA) is 106 Å². The Morgan fingerprint density at radius 1 is 1.52 bits per heavy atom. The molecule has 1 aromatic heterocycles. The lowest BCUT2D eigenvalue weighted by Crippen LogP contribution is -2.43. The standard InChI is InChI=1S/C10H11F3N2O5S/c1-6(15-21(18,19)10(11,12)13)5-20-8-7(9(16)17)3-2-4-14-8/h2-4,6,15H,5H2,1H3,(H,16,17)/t6-/m0/s1. The predicted octanol–water partition coefficient (Wildman–Crippen LogP) is 0.986. The van der Waals surface area contributed by atoms with Gasteiger partial charge in [0.25, 0.3) is 0 Å². The van der Waals surface area contributed by atoms with Crippen molar-refractivity contribution in [2.45, 2.75) is 18.5 Å².